The Morgan fingerprint density at radius 2 is 1.59 bits per heavy atom. The average Bonchev–Trinajstić information content (AvgIpc) is 3.09. The fraction of sp³-hybridized carbons (Fsp3) is 0.100. The molecule has 1 unspecified atom stereocenters. The molecular formula is C20H18BrN3O3. The lowest BCUT2D eigenvalue weighted by atomic mass is 10.1. The van der Waals surface area contributed by atoms with E-state index < -0.39 is 0 Å². The Bertz CT molecular complexity index is 923. The first kappa shape index (κ1) is 18.7. The molecule has 6 nitrogen and oxygen atoms in total. The van der Waals surface area contributed by atoms with Gasteiger partial charge in [0.1, 0.15) is 6.26 Å². The molecule has 2 aromatic carbocycles. The van der Waals surface area contributed by atoms with Crippen LogP contribution in [0.4, 0.5) is 16.2 Å². The molecule has 0 saturated heterocycles. The highest BCUT2D eigenvalue weighted by molar-refractivity contribution is 9.10. The predicted molar refractivity (Wildman–Crippen MR) is 108 cm³/mol. The molecule has 27 heavy (non-hydrogen) atoms. The zero-order chi connectivity index (χ0) is 19.2. The van der Waals surface area contributed by atoms with Gasteiger partial charge in [-0.05, 0) is 52.7 Å². The van der Waals surface area contributed by atoms with E-state index in [0.29, 0.717) is 21.6 Å². The van der Waals surface area contributed by atoms with Gasteiger partial charge in [-0.2, -0.15) is 0 Å². The quantitative estimate of drug-likeness (QED) is 0.524. The summed E-state index contributed by atoms with van der Waals surface area (Å²) in [5, 5.41) is 8.42. The van der Waals surface area contributed by atoms with Crippen LogP contribution < -0.4 is 16.0 Å². The summed E-state index contributed by atoms with van der Waals surface area (Å²) in [7, 11) is 0. The molecule has 0 aliphatic rings. The summed E-state index contributed by atoms with van der Waals surface area (Å²) in [6, 6.07) is 17.6. The van der Waals surface area contributed by atoms with Crippen LogP contribution in [0.3, 0.4) is 0 Å². The highest BCUT2D eigenvalue weighted by atomic mass is 79.9. The van der Waals surface area contributed by atoms with Gasteiger partial charge in [0.05, 0.1) is 11.6 Å². The van der Waals surface area contributed by atoms with E-state index in [9.17, 15) is 9.59 Å². The standard InChI is InChI=1S/C20H18BrN3O3/c1-13(22-19(25)15-11-18(21)27-12-15)14-7-9-17(10-8-14)24-20(26)23-16-5-3-2-4-6-16/h2-13H,1H3,(H,22,25)(H2,23,24,26). The van der Waals surface area contributed by atoms with E-state index in [1.54, 1.807) is 18.2 Å². The van der Waals surface area contributed by atoms with Crippen molar-refractivity contribution in [2.24, 2.45) is 0 Å². The molecule has 3 amide bonds. The molecule has 0 aliphatic carbocycles. The number of hydrogen-bond acceptors (Lipinski definition) is 3. The fourth-order valence-corrected chi connectivity index (χ4v) is 2.80. The van der Waals surface area contributed by atoms with Crippen molar-refractivity contribution in [3.63, 3.8) is 0 Å². The van der Waals surface area contributed by atoms with Gasteiger partial charge in [0, 0.05) is 17.4 Å². The van der Waals surface area contributed by atoms with Crippen LogP contribution in [0.25, 0.3) is 0 Å². The number of nitrogens with one attached hydrogen (secondary N) is 3. The number of hydrogen-bond donors (Lipinski definition) is 3. The lowest BCUT2D eigenvalue weighted by Crippen LogP contribution is -2.26. The summed E-state index contributed by atoms with van der Waals surface area (Å²) in [5.74, 6) is -0.221. The van der Waals surface area contributed by atoms with E-state index in [1.165, 1.54) is 6.26 Å². The lowest BCUT2D eigenvalue weighted by Gasteiger charge is -2.14. The molecule has 0 radical (unpaired) electrons. The van der Waals surface area contributed by atoms with Crippen LogP contribution in [-0.2, 0) is 0 Å². The van der Waals surface area contributed by atoms with E-state index in [-0.39, 0.29) is 18.0 Å². The van der Waals surface area contributed by atoms with E-state index in [4.69, 9.17) is 4.42 Å². The lowest BCUT2D eigenvalue weighted by molar-refractivity contribution is 0.0939. The SMILES string of the molecule is CC(NC(=O)c1coc(Br)c1)c1ccc(NC(=O)Nc2ccccc2)cc1. The molecule has 1 heterocycles. The molecule has 0 aliphatic heterocycles. The number of amides is 3. The highest BCUT2D eigenvalue weighted by Gasteiger charge is 2.13. The topological polar surface area (TPSA) is 83.4 Å². The van der Waals surface area contributed by atoms with E-state index in [0.717, 1.165) is 5.56 Å². The molecule has 7 heteroatoms. The maximum atomic E-state index is 12.2. The van der Waals surface area contributed by atoms with Crippen molar-refractivity contribution < 1.29 is 14.0 Å². The van der Waals surface area contributed by atoms with Gasteiger partial charge in [-0.3, -0.25) is 4.79 Å². The van der Waals surface area contributed by atoms with Crippen molar-refractivity contribution in [2.45, 2.75) is 13.0 Å². The van der Waals surface area contributed by atoms with E-state index >= 15 is 0 Å². The van der Waals surface area contributed by atoms with Gasteiger partial charge < -0.3 is 20.4 Å². The van der Waals surface area contributed by atoms with Crippen molar-refractivity contribution in [2.75, 3.05) is 10.6 Å². The average molecular weight is 428 g/mol. The minimum absolute atomic E-state index is 0.196. The molecule has 138 valence electrons. The van der Waals surface area contributed by atoms with Gasteiger partial charge in [-0.15, -0.1) is 0 Å². The third-order valence-corrected chi connectivity index (χ3v) is 4.29. The summed E-state index contributed by atoms with van der Waals surface area (Å²) in [4.78, 5) is 24.2. The van der Waals surface area contributed by atoms with Crippen LogP contribution in [0.1, 0.15) is 28.9 Å². The minimum atomic E-state index is -0.319. The second kappa shape index (κ2) is 8.55. The van der Waals surface area contributed by atoms with Gasteiger partial charge in [0.15, 0.2) is 4.67 Å². The molecule has 1 atom stereocenters. The van der Waals surface area contributed by atoms with Crippen LogP contribution >= 0.6 is 15.9 Å². The number of carbonyl (C=O) groups excluding carboxylic acids is 2. The first-order chi connectivity index (χ1) is 13.0. The van der Waals surface area contributed by atoms with Gasteiger partial charge >= 0.3 is 6.03 Å². The molecule has 0 fully saturated rings. The number of rotatable bonds is 5. The molecule has 0 spiro atoms. The molecule has 0 saturated carbocycles. The van der Waals surface area contributed by atoms with E-state index in [1.807, 2.05) is 49.4 Å². The number of carbonyl (C=O) groups is 2. The summed E-state index contributed by atoms with van der Waals surface area (Å²) in [6.07, 6.45) is 1.39. The Morgan fingerprint density at radius 3 is 2.19 bits per heavy atom. The molecule has 1 aromatic heterocycles. The first-order valence-electron chi connectivity index (χ1n) is 8.29. The molecule has 3 aromatic rings. The Kier molecular flexibility index (Phi) is 5.93. The third kappa shape index (κ3) is 5.21. The Hall–Kier alpha value is -3.06. The largest absolute Gasteiger partial charge is 0.457 e. The van der Waals surface area contributed by atoms with E-state index in [2.05, 4.69) is 31.9 Å². The molecular weight excluding hydrogens is 410 g/mol. The second-order valence-corrected chi connectivity index (χ2v) is 6.68. The number of para-hydroxylation sites is 1. The fourth-order valence-electron chi connectivity index (χ4n) is 2.46. The summed E-state index contributed by atoms with van der Waals surface area (Å²) < 4.78 is 5.58. The normalized spacial score (nSPS) is 11.5. The maximum absolute atomic E-state index is 12.2. The minimum Gasteiger partial charge on any atom is -0.457 e. The number of furan rings is 1. The van der Waals surface area contributed by atoms with Crippen molar-refractivity contribution in [1.82, 2.24) is 5.32 Å². The van der Waals surface area contributed by atoms with Crippen LogP contribution in [-0.4, -0.2) is 11.9 Å². The first-order valence-corrected chi connectivity index (χ1v) is 9.08. The van der Waals surface area contributed by atoms with Crippen LogP contribution in [0, 0.1) is 0 Å². The van der Waals surface area contributed by atoms with Crippen molar-refractivity contribution >= 4 is 39.2 Å². The van der Waals surface area contributed by atoms with Crippen molar-refractivity contribution in [1.29, 1.82) is 0 Å². The second-order valence-electron chi connectivity index (χ2n) is 5.90. The summed E-state index contributed by atoms with van der Waals surface area (Å²) in [6.45, 7) is 1.89. The zero-order valence-corrected chi connectivity index (χ0v) is 16.1. The van der Waals surface area contributed by atoms with Crippen LogP contribution in [0.15, 0.2) is 76.0 Å². The van der Waals surface area contributed by atoms with Crippen LogP contribution in [0.5, 0.6) is 0 Å². The van der Waals surface area contributed by atoms with Crippen LogP contribution in [0.2, 0.25) is 0 Å². The summed E-state index contributed by atoms with van der Waals surface area (Å²) in [5.41, 5.74) is 2.74. The van der Waals surface area contributed by atoms with Gasteiger partial charge in [-0.25, -0.2) is 4.79 Å². The predicted octanol–water partition coefficient (Wildman–Crippen LogP) is 5.18. The zero-order valence-electron chi connectivity index (χ0n) is 14.5. The summed E-state index contributed by atoms with van der Waals surface area (Å²) >= 11 is 3.17. The molecule has 3 N–H and O–H groups in total. The Balaban J connectivity index is 1.56. The number of benzene rings is 2. The van der Waals surface area contributed by atoms with Crippen molar-refractivity contribution in [3.05, 3.63) is 82.7 Å². The third-order valence-electron chi connectivity index (χ3n) is 3.88. The van der Waals surface area contributed by atoms with Crippen molar-refractivity contribution in [3.8, 4) is 0 Å². The Labute approximate surface area is 165 Å². The van der Waals surface area contributed by atoms with Gasteiger partial charge in [-0.1, -0.05) is 30.3 Å². The number of halogens is 1. The maximum Gasteiger partial charge on any atom is 0.323 e. The Morgan fingerprint density at radius 1 is 0.963 bits per heavy atom. The molecule has 0 bridgehead atoms. The smallest absolute Gasteiger partial charge is 0.323 e. The number of urea groups is 1. The highest BCUT2D eigenvalue weighted by Crippen LogP contribution is 2.19. The monoisotopic (exact) mass is 427 g/mol. The molecule has 3 rings (SSSR count). The van der Waals surface area contributed by atoms with Gasteiger partial charge in [0.25, 0.3) is 5.91 Å². The number of anilines is 2. The van der Waals surface area contributed by atoms with Gasteiger partial charge in [0.2, 0.25) is 0 Å².